The molecule has 0 radical (unpaired) electrons. The van der Waals surface area contributed by atoms with Crippen LogP contribution in [0.3, 0.4) is 0 Å². The number of sulfone groups is 1. The summed E-state index contributed by atoms with van der Waals surface area (Å²) in [4.78, 5) is 11.7. The highest BCUT2D eigenvalue weighted by Gasteiger charge is 2.33. The molecule has 0 aliphatic heterocycles. The first kappa shape index (κ1) is 17.4. The molecular formula is C12H15F3N2O3S. The molecule has 0 aliphatic carbocycles. The second-order valence-corrected chi connectivity index (χ2v) is 6.82. The SMILES string of the molecule is CS(=O)(=O)CCC(N)C(=O)Nc1ccccc1C(F)(F)F. The van der Waals surface area contributed by atoms with Gasteiger partial charge in [0.2, 0.25) is 5.91 Å². The Morgan fingerprint density at radius 1 is 1.33 bits per heavy atom. The first-order chi connectivity index (χ1) is 9.50. The van der Waals surface area contributed by atoms with E-state index in [0.29, 0.717) is 0 Å². The Morgan fingerprint density at radius 2 is 1.90 bits per heavy atom. The lowest BCUT2D eigenvalue weighted by atomic mass is 10.1. The molecule has 0 aromatic heterocycles. The zero-order chi connectivity index (χ0) is 16.3. The zero-order valence-electron chi connectivity index (χ0n) is 11.1. The molecular weight excluding hydrogens is 309 g/mol. The smallest absolute Gasteiger partial charge is 0.324 e. The van der Waals surface area contributed by atoms with E-state index >= 15 is 0 Å². The van der Waals surface area contributed by atoms with Crippen LogP contribution in [0.25, 0.3) is 0 Å². The number of amides is 1. The van der Waals surface area contributed by atoms with Gasteiger partial charge in [-0.15, -0.1) is 0 Å². The quantitative estimate of drug-likeness (QED) is 0.857. The summed E-state index contributed by atoms with van der Waals surface area (Å²) in [5.41, 5.74) is 4.07. The summed E-state index contributed by atoms with van der Waals surface area (Å²) >= 11 is 0. The number of benzene rings is 1. The number of para-hydroxylation sites is 1. The van der Waals surface area contributed by atoms with Crippen molar-refractivity contribution in [2.24, 2.45) is 5.73 Å². The lowest BCUT2D eigenvalue weighted by molar-refractivity contribution is -0.137. The minimum absolute atomic E-state index is 0.168. The maximum Gasteiger partial charge on any atom is 0.418 e. The largest absolute Gasteiger partial charge is 0.418 e. The summed E-state index contributed by atoms with van der Waals surface area (Å²) in [7, 11) is -3.30. The summed E-state index contributed by atoms with van der Waals surface area (Å²) in [5.74, 6) is -1.18. The third kappa shape index (κ3) is 5.72. The number of nitrogens with one attached hydrogen (secondary N) is 1. The number of halogens is 3. The molecule has 1 aromatic rings. The van der Waals surface area contributed by atoms with Crippen molar-refractivity contribution in [2.45, 2.75) is 18.6 Å². The van der Waals surface area contributed by atoms with Gasteiger partial charge in [0.1, 0.15) is 9.84 Å². The summed E-state index contributed by atoms with van der Waals surface area (Å²) in [6.07, 6.45) is -3.80. The number of carbonyl (C=O) groups is 1. The van der Waals surface area contributed by atoms with Crippen LogP contribution in [0.2, 0.25) is 0 Å². The van der Waals surface area contributed by atoms with Crippen molar-refractivity contribution < 1.29 is 26.4 Å². The van der Waals surface area contributed by atoms with E-state index in [1.165, 1.54) is 12.1 Å². The molecule has 21 heavy (non-hydrogen) atoms. The molecule has 3 N–H and O–H groups in total. The van der Waals surface area contributed by atoms with Gasteiger partial charge in [-0.2, -0.15) is 13.2 Å². The van der Waals surface area contributed by atoms with Gasteiger partial charge in [-0.05, 0) is 18.6 Å². The highest BCUT2D eigenvalue weighted by Crippen LogP contribution is 2.34. The summed E-state index contributed by atoms with van der Waals surface area (Å²) in [6, 6.07) is 3.26. The molecule has 118 valence electrons. The van der Waals surface area contributed by atoms with E-state index < -0.39 is 39.2 Å². The molecule has 0 aliphatic rings. The molecule has 1 unspecified atom stereocenters. The Balaban J connectivity index is 2.80. The Morgan fingerprint density at radius 3 is 2.43 bits per heavy atom. The van der Waals surface area contributed by atoms with Crippen LogP contribution >= 0.6 is 0 Å². The van der Waals surface area contributed by atoms with Gasteiger partial charge in [-0.25, -0.2) is 8.42 Å². The molecule has 0 saturated heterocycles. The fourth-order valence-corrected chi connectivity index (χ4v) is 2.22. The van der Waals surface area contributed by atoms with Crippen molar-refractivity contribution >= 4 is 21.4 Å². The van der Waals surface area contributed by atoms with Crippen molar-refractivity contribution in [3.63, 3.8) is 0 Å². The van der Waals surface area contributed by atoms with E-state index in [-0.39, 0.29) is 12.2 Å². The van der Waals surface area contributed by atoms with Crippen LogP contribution in [0.5, 0.6) is 0 Å². The fourth-order valence-electron chi connectivity index (χ4n) is 1.54. The standard InChI is InChI=1S/C12H15F3N2O3S/c1-21(19,20)7-6-9(16)11(18)17-10-5-3-2-4-8(10)12(13,14)15/h2-5,9H,6-7,16H2,1H3,(H,17,18). The van der Waals surface area contributed by atoms with E-state index in [4.69, 9.17) is 5.73 Å². The monoisotopic (exact) mass is 324 g/mol. The number of carbonyl (C=O) groups excluding carboxylic acids is 1. The van der Waals surface area contributed by atoms with Gasteiger partial charge < -0.3 is 11.1 Å². The predicted molar refractivity (Wildman–Crippen MR) is 72.4 cm³/mol. The predicted octanol–water partition coefficient (Wildman–Crippen LogP) is 1.41. The van der Waals surface area contributed by atoms with E-state index in [2.05, 4.69) is 5.32 Å². The van der Waals surface area contributed by atoms with Crippen molar-refractivity contribution in [2.75, 3.05) is 17.3 Å². The van der Waals surface area contributed by atoms with E-state index in [1.807, 2.05) is 0 Å². The topological polar surface area (TPSA) is 89.3 Å². The molecule has 0 fully saturated rings. The van der Waals surface area contributed by atoms with Crippen LogP contribution in [0.1, 0.15) is 12.0 Å². The minimum atomic E-state index is -4.61. The Labute approximate surface area is 120 Å². The number of anilines is 1. The highest BCUT2D eigenvalue weighted by atomic mass is 32.2. The highest BCUT2D eigenvalue weighted by molar-refractivity contribution is 7.90. The number of alkyl halides is 3. The van der Waals surface area contributed by atoms with Gasteiger partial charge in [0.05, 0.1) is 23.0 Å². The Hall–Kier alpha value is -1.61. The average molecular weight is 324 g/mol. The normalized spacial score (nSPS) is 13.8. The van der Waals surface area contributed by atoms with Crippen molar-refractivity contribution in [1.82, 2.24) is 0 Å². The molecule has 1 atom stereocenters. The molecule has 0 saturated carbocycles. The van der Waals surface area contributed by atoms with Gasteiger partial charge in [0.25, 0.3) is 0 Å². The lowest BCUT2D eigenvalue weighted by Gasteiger charge is -2.16. The van der Waals surface area contributed by atoms with Crippen LogP contribution < -0.4 is 11.1 Å². The number of hydrogen-bond donors (Lipinski definition) is 2. The van der Waals surface area contributed by atoms with E-state index in [1.54, 1.807) is 0 Å². The van der Waals surface area contributed by atoms with E-state index in [0.717, 1.165) is 18.4 Å². The van der Waals surface area contributed by atoms with Crippen molar-refractivity contribution in [3.8, 4) is 0 Å². The van der Waals surface area contributed by atoms with Gasteiger partial charge >= 0.3 is 6.18 Å². The van der Waals surface area contributed by atoms with Crippen molar-refractivity contribution in [3.05, 3.63) is 29.8 Å². The second-order valence-electron chi connectivity index (χ2n) is 4.56. The fraction of sp³-hybridized carbons (Fsp3) is 0.417. The Kier molecular flexibility index (Phi) is 5.35. The maximum atomic E-state index is 12.7. The average Bonchev–Trinajstić information content (AvgIpc) is 2.34. The van der Waals surface area contributed by atoms with Gasteiger partial charge in [-0.1, -0.05) is 12.1 Å². The first-order valence-corrected chi connectivity index (χ1v) is 7.97. The molecule has 1 aromatic carbocycles. The number of nitrogens with two attached hydrogens (primary N) is 1. The Bertz CT molecular complexity index is 614. The van der Waals surface area contributed by atoms with Gasteiger partial charge in [0, 0.05) is 6.26 Å². The zero-order valence-corrected chi connectivity index (χ0v) is 12.0. The van der Waals surface area contributed by atoms with Crippen LogP contribution in [-0.2, 0) is 20.8 Å². The number of rotatable bonds is 5. The third-order valence-corrected chi connectivity index (χ3v) is 3.60. The summed E-state index contributed by atoms with van der Waals surface area (Å²) < 4.78 is 60.2. The minimum Gasteiger partial charge on any atom is -0.324 e. The van der Waals surface area contributed by atoms with Crippen LogP contribution in [-0.4, -0.2) is 32.4 Å². The molecule has 1 rings (SSSR count). The molecule has 1 amide bonds. The second kappa shape index (κ2) is 6.44. The van der Waals surface area contributed by atoms with Gasteiger partial charge in [-0.3, -0.25) is 4.79 Å². The molecule has 0 heterocycles. The maximum absolute atomic E-state index is 12.7. The van der Waals surface area contributed by atoms with Crippen LogP contribution in [0, 0.1) is 0 Å². The number of hydrogen-bond acceptors (Lipinski definition) is 4. The van der Waals surface area contributed by atoms with Crippen molar-refractivity contribution in [1.29, 1.82) is 0 Å². The van der Waals surface area contributed by atoms with Crippen LogP contribution in [0.4, 0.5) is 18.9 Å². The van der Waals surface area contributed by atoms with Crippen LogP contribution in [0.15, 0.2) is 24.3 Å². The summed E-state index contributed by atoms with van der Waals surface area (Å²) in [6.45, 7) is 0. The lowest BCUT2D eigenvalue weighted by Crippen LogP contribution is -2.37. The first-order valence-electron chi connectivity index (χ1n) is 5.91. The third-order valence-electron chi connectivity index (χ3n) is 2.63. The summed E-state index contributed by atoms with van der Waals surface area (Å²) in [5, 5.41) is 2.07. The van der Waals surface area contributed by atoms with Gasteiger partial charge in [0.15, 0.2) is 0 Å². The van der Waals surface area contributed by atoms with E-state index in [9.17, 15) is 26.4 Å². The molecule has 9 heteroatoms. The molecule has 0 bridgehead atoms. The molecule has 0 spiro atoms. The molecule has 5 nitrogen and oxygen atoms in total.